The highest BCUT2D eigenvalue weighted by Crippen LogP contribution is 2.51. The minimum Gasteiger partial charge on any atom is -0.475 e. The Morgan fingerprint density at radius 3 is 2.46 bits per heavy atom. The van der Waals surface area contributed by atoms with E-state index in [4.69, 9.17) is 9.47 Å². The summed E-state index contributed by atoms with van der Waals surface area (Å²) >= 11 is 0. The molecule has 144 valence electrons. The number of carbonyl (C=O) groups excluding carboxylic acids is 2. The number of nitro groups is 1. The highest BCUT2D eigenvalue weighted by molar-refractivity contribution is 6.05. The third-order valence-electron chi connectivity index (χ3n) is 5.27. The molecule has 0 radical (unpaired) electrons. The predicted octanol–water partition coefficient (Wildman–Crippen LogP) is 2.59. The molecule has 1 aliphatic heterocycles. The number of methoxy groups -OCH3 is 1. The smallest absolute Gasteiger partial charge is 0.348 e. The number of anilines is 1. The number of nitrogens with zero attached hydrogens (tertiary/aromatic N) is 2. The first kappa shape index (κ1) is 18.0. The molecule has 0 unspecified atom stereocenters. The van der Waals surface area contributed by atoms with Crippen molar-refractivity contribution in [3.05, 3.63) is 64.2 Å². The molecule has 8 heteroatoms. The average Bonchev–Trinajstić information content (AvgIpc) is 3.54. The van der Waals surface area contributed by atoms with Crippen LogP contribution in [0.3, 0.4) is 0 Å². The van der Waals surface area contributed by atoms with Gasteiger partial charge in [-0.2, -0.15) is 0 Å². The van der Waals surface area contributed by atoms with Crippen LogP contribution in [0, 0.1) is 10.1 Å². The summed E-state index contributed by atoms with van der Waals surface area (Å²) in [5.74, 6) is -0.254. The number of non-ortho nitro benzene ring substituents is 1. The van der Waals surface area contributed by atoms with Gasteiger partial charge in [-0.3, -0.25) is 14.9 Å². The molecule has 2 aliphatic rings. The number of carbonyl (C=O) groups is 2. The van der Waals surface area contributed by atoms with Gasteiger partial charge in [0.2, 0.25) is 12.0 Å². The molecular formula is C20H18N2O6. The second-order valence-corrected chi connectivity index (χ2v) is 6.90. The van der Waals surface area contributed by atoms with Gasteiger partial charge in [0.05, 0.1) is 29.7 Å². The summed E-state index contributed by atoms with van der Waals surface area (Å²) in [5, 5.41) is 10.9. The number of para-hydroxylation sites is 2. The first-order valence-corrected chi connectivity index (χ1v) is 8.87. The van der Waals surface area contributed by atoms with Crippen LogP contribution >= 0.6 is 0 Å². The van der Waals surface area contributed by atoms with Crippen molar-refractivity contribution in [2.75, 3.05) is 18.6 Å². The van der Waals surface area contributed by atoms with Crippen molar-refractivity contribution in [2.24, 2.45) is 0 Å². The highest BCUT2D eigenvalue weighted by atomic mass is 16.6. The van der Waals surface area contributed by atoms with Crippen LogP contribution in [0.25, 0.3) is 0 Å². The second kappa shape index (κ2) is 6.63. The number of fused-ring (bicyclic) bond motifs is 1. The summed E-state index contributed by atoms with van der Waals surface area (Å²) < 4.78 is 10.5. The fourth-order valence-corrected chi connectivity index (χ4v) is 3.59. The van der Waals surface area contributed by atoms with Crippen molar-refractivity contribution in [1.29, 1.82) is 0 Å². The van der Waals surface area contributed by atoms with E-state index in [1.54, 1.807) is 41.3 Å². The van der Waals surface area contributed by atoms with Crippen LogP contribution in [0.1, 0.15) is 18.4 Å². The molecule has 2 aromatic carbocycles. The number of benzene rings is 2. The number of amides is 1. The Balaban J connectivity index is 1.68. The summed E-state index contributed by atoms with van der Waals surface area (Å²) in [6.07, 6.45) is 0.384. The molecule has 0 N–H and O–H groups in total. The summed E-state index contributed by atoms with van der Waals surface area (Å²) in [6.45, 7) is 0.0528. The van der Waals surface area contributed by atoms with Crippen molar-refractivity contribution in [2.45, 2.75) is 24.4 Å². The summed E-state index contributed by atoms with van der Waals surface area (Å²) in [7, 11) is 1.28. The largest absolute Gasteiger partial charge is 0.475 e. The molecule has 1 saturated carbocycles. The molecule has 8 nitrogen and oxygen atoms in total. The molecule has 4 rings (SSSR count). The number of hydrogen-bond donors (Lipinski definition) is 0. The van der Waals surface area contributed by atoms with Gasteiger partial charge in [0.1, 0.15) is 5.75 Å². The lowest BCUT2D eigenvalue weighted by Gasteiger charge is -2.35. The molecule has 1 aliphatic carbocycles. The minimum absolute atomic E-state index is 0.0190. The number of rotatable bonds is 4. The lowest BCUT2D eigenvalue weighted by molar-refractivity contribution is -0.384. The first-order chi connectivity index (χ1) is 13.5. The van der Waals surface area contributed by atoms with Gasteiger partial charge in [0.15, 0.2) is 0 Å². The summed E-state index contributed by atoms with van der Waals surface area (Å²) in [5.41, 5.74) is 0.581. The quantitative estimate of drug-likeness (QED) is 0.458. The van der Waals surface area contributed by atoms with E-state index < -0.39 is 22.4 Å². The van der Waals surface area contributed by atoms with Crippen molar-refractivity contribution < 1.29 is 24.0 Å². The van der Waals surface area contributed by atoms with Crippen LogP contribution in [0.5, 0.6) is 5.75 Å². The number of esters is 1. The standard InChI is InChI=1S/C20H18N2O6/c1-27-18(23)17-12-21(15-4-2-3-5-16(15)28-17)19(24)20(10-11-20)13-6-8-14(9-7-13)22(25)26/h2-9,17H,10-12H2,1H3/t17-/m1/s1. The topological polar surface area (TPSA) is 99.0 Å². The Bertz CT molecular complexity index is 951. The van der Waals surface area contributed by atoms with Gasteiger partial charge in [-0.05, 0) is 30.5 Å². The minimum atomic E-state index is -0.906. The predicted molar refractivity (Wildman–Crippen MR) is 99.2 cm³/mol. The lowest BCUT2D eigenvalue weighted by atomic mass is 9.93. The molecule has 1 atom stereocenters. The third kappa shape index (κ3) is 2.87. The van der Waals surface area contributed by atoms with E-state index in [-0.39, 0.29) is 18.1 Å². The zero-order valence-corrected chi connectivity index (χ0v) is 15.2. The van der Waals surface area contributed by atoms with E-state index >= 15 is 0 Å². The van der Waals surface area contributed by atoms with E-state index in [0.29, 0.717) is 24.3 Å². The van der Waals surface area contributed by atoms with Crippen molar-refractivity contribution in [3.8, 4) is 5.75 Å². The molecule has 28 heavy (non-hydrogen) atoms. The molecule has 1 amide bonds. The molecule has 0 saturated heterocycles. The van der Waals surface area contributed by atoms with E-state index in [2.05, 4.69) is 0 Å². The van der Waals surface area contributed by atoms with Crippen LogP contribution in [0.4, 0.5) is 11.4 Å². The van der Waals surface area contributed by atoms with Gasteiger partial charge in [-0.1, -0.05) is 24.3 Å². The molecule has 0 aromatic heterocycles. The Morgan fingerprint density at radius 1 is 1.18 bits per heavy atom. The second-order valence-electron chi connectivity index (χ2n) is 6.90. The molecule has 0 bridgehead atoms. The van der Waals surface area contributed by atoms with E-state index in [9.17, 15) is 19.7 Å². The van der Waals surface area contributed by atoms with Gasteiger partial charge >= 0.3 is 5.97 Å². The Kier molecular flexibility index (Phi) is 4.26. The molecular weight excluding hydrogens is 364 g/mol. The van der Waals surface area contributed by atoms with E-state index in [0.717, 1.165) is 5.56 Å². The van der Waals surface area contributed by atoms with Gasteiger partial charge in [-0.15, -0.1) is 0 Å². The van der Waals surface area contributed by atoms with Gasteiger partial charge < -0.3 is 14.4 Å². The van der Waals surface area contributed by atoms with Crippen LogP contribution < -0.4 is 9.64 Å². The maximum absolute atomic E-state index is 13.5. The average molecular weight is 382 g/mol. The molecule has 0 spiro atoms. The summed E-state index contributed by atoms with van der Waals surface area (Å²) in [6, 6.07) is 13.1. The Morgan fingerprint density at radius 2 is 1.86 bits per heavy atom. The van der Waals surface area contributed by atoms with Crippen molar-refractivity contribution >= 4 is 23.3 Å². The number of nitro benzene ring substituents is 1. The Hall–Kier alpha value is -3.42. The third-order valence-corrected chi connectivity index (χ3v) is 5.27. The Labute approximate surface area is 160 Å². The van der Waals surface area contributed by atoms with Gasteiger partial charge in [0, 0.05) is 12.1 Å². The molecule has 2 aromatic rings. The van der Waals surface area contributed by atoms with Gasteiger partial charge in [-0.25, -0.2) is 4.79 Å². The zero-order chi connectivity index (χ0) is 19.9. The van der Waals surface area contributed by atoms with Crippen molar-refractivity contribution in [1.82, 2.24) is 0 Å². The van der Waals surface area contributed by atoms with Crippen LogP contribution in [0.2, 0.25) is 0 Å². The number of ether oxygens (including phenoxy) is 2. The van der Waals surface area contributed by atoms with E-state index in [1.165, 1.54) is 19.2 Å². The number of hydrogen-bond acceptors (Lipinski definition) is 6. The maximum Gasteiger partial charge on any atom is 0.348 e. The van der Waals surface area contributed by atoms with Crippen LogP contribution in [0.15, 0.2) is 48.5 Å². The molecule has 1 heterocycles. The normalized spacial score (nSPS) is 19.2. The monoisotopic (exact) mass is 382 g/mol. The lowest BCUT2D eigenvalue weighted by Crippen LogP contribution is -2.50. The van der Waals surface area contributed by atoms with E-state index in [1.807, 2.05) is 0 Å². The SMILES string of the molecule is COC(=O)[C@H]1CN(C(=O)C2(c3ccc([N+](=O)[O-])cc3)CC2)c2ccccc2O1. The fraction of sp³-hybridized carbons (Fsp3) is 0.300. The van der Waals surface area contributed by atoms with Crippen LogP contribution in [-0.4, -0.2) is 36.6 Å². The molecule has 1 fully saturated rings. The fourth-order valence-electron chi connectivity index (χ4n) is 3.59. The first-order valence-electron chi connectivity index (χ1n) is 8.87. The summed E-state index contributed by atoms with van der Waals surface area (Å²) in [4.78, 5) is 37.5. The highest BCUT2D eigenvalue weighted by Gasteiger charge is 2.54. The van der Waals surface area contributed by atoms with Crippen LogP contribution in [-0.2, 0) is 19.7 Å². The van der Waals surface area contributed by atoms with Gasteiger partial charge in [0.25, 0.3) is 5.69 Å². The maximum atomic E-state index is 13.5. The zero-order valence-electron chi connectivity index (χ0n) is 15.2. The van der Waals surface area contributed by atoms with Crippen molar-refractivity contribution in [3.63, 3.8) is 0 Å².